The van der Waals surface area contributed by atoms with Crippen molar-refractivity contribution >= 4 is 43.3 Å². The molecule has 92 valence electrons. The van der Waals surface area contributed by atoms with Gasteiger partial charge in [0.2, 0.25) is 0 Å². The zero-order valence-corrected chi connectivity index (χ0v) is 11.6. The van der Waals surface area contributed by atoms with Crippen LogP contribution in [0.5, 0.6) is 0 Å². The van der Waals surface area contributed by atoms with Crippen LogP contribution in [-0.2, 0) is 9.84 Å². The van der Waals surface area contributed by atoms with Crippen molar-refractivity contribution in [3.05, 3.63) is 39.8 Å². The molecule has 0 heterocycles. The Morgan fingerprint density at radius 3 is 2.53 bits per heavy atom. The van der Waals surface area contributed by atoms with Gasteiger partial charge in [-0.25, -0.2) is 13.2 Å². The molecule has 0 atom stereocenters. The first-order valence-electron chi connectivity index (χ1n) is 4.33. The first kappa shape index (κ1) is 14.2. The minimum atomic E-state index is -3.69. The molecule has 0 radical (unpaired) electrons. The molecule has 0 amide bonds. The summed E-state index contributed by atoms with van der Waals surface area (Å²) in [6.07, 6.45) is 0. The summed E-state index contributed by atoms with van der Waals surface area (Å²) >= 11 is 8.70. The molecule has 0 aliphatic heterocycles. The summed E-state index contributed by atoms with van der Waals surface area (Å²) in [4.78, 5) is 10.5. The maximum atomic E-state index is 11.9. The Balaban J connectivity index is 3.35. The third kappa shape index (κ3) is 3.55. The van der Waals surface area contributed by atoms with Gasteiger partial charge in [0.1, 0.15) is 0 Å². The molecule has 0 aromatic heterocycles. The third-order valence-electron chi connectivity index (χ3n) is 1.86. The monoisotopic (exact) mass is 338 g/mol. The highest BCUT2D eigenvalue weighted by molar-refractivity contribution is 9.11. The topological polar surface area (TPSA) is 71.4 Å². The molecule has 0 saturated carbocycles. The van der Waals surface area contributed by atoms with E-state index >= 15 is 0 Å². The Bertz CT molecular complexity index is 580. The van der Waals surface area contributed by atoms with E-state index in [1.807, 2.05) is 0 Å². The molecule has 0 bridgehead atoms. The Labute approximate surface area is 112 Å². The smallest absolute Gasteiger partial charge is 0.335 e. The van der Waals surface area contributed by atoms with Crippen molar-refractivity contribution in [2.45, 2.75) is 4.90 Å². The van der Waals surface area contributed by atoms with Gasteiger partial charge in [-0.05, 0) is 18.2 Å². The van der Waals surface area contributed by atoms with Crippen molar-refractivity contribution in [2.24, 2.45) is 0 Å². The number of sulfone groups is 1. The second kappa shape index (κ2) is 5.20. The van der Waals surface area contributed by atoms with Crippen molar-refractivity contribution in [3.63, 3.8) is 0 Å². The molecule has 0 unspecified atom stereocenters. The highest BCUT2D eigenvalue weighted by atomic mass is 79.9. The van der Waals surface area contributed by atoms with Gasteiger partial charge < -0.3 is 5.11 Å². The summed E-state index contributed by atoms with van der Waals surface area (Å²) in [6, 6.07) is 3.53. The van der Waals surface area contributed by atoms with Gasteiger partial charge in [0, 0.05) is 4.48 Å². The van der Waals surface area contributed by atoms with Crippen LogP contribution in [0.2, 0.25) is 5.02 Å². The molecule has 1 aromatic rings. The van der Waals surface area contributed by atoms with E-state index in [4.69, 9.17) is 16.7 Å². The average molecular weight is 340 g/mol. The molecule has 4 nitrogen and oxygen atoms in total. The molecule has 0 aliphatic rings. The van der Waals surface area contributed by atoms with Crippen LogP contribution in [0.1, 0.15) is 10.4 Å². The zero-order valence-electron chi connectivity index (χ0n) is 8.48. The lowest BCUT2D eigenvalue weighted by Crippen LogP contribution is -2.09. The van der Waals surface area contributed by atoms with Crippen LogP contribution in [0.15, 0.2) is 34.2 Å². The first-order valence-corrected chi connectivity index (χ1v) is 7.15. The Kier molecular flexibility index (Phi) is 4.35. The van der Waals surface area contributed by atoms with Gasteiger partial charge in [0.05, 0.1) is 21.2 Å². The van der Waals surface area contributed by atoms with E-state index in [2.05, 4.69) is 22.5 Å². The number of hydrogen-bond donors (Lipinski definition) is 1. The van der Waals surface area contributed by atoms with Gasteiger partial charge in [0.15, 0.2) is 9.84 Å². The van der Waals surface area contributed by atoms with Crippen LogP contribution in [0.3, 0.4) is 0 Å². The first-order chi connectivity index (χ1) is 7.74. The van der Waals surface area contributed by atoms with Crippen molar-refractivity contribution in [1.29, 1.82) is 0 Å². The number of benzene rings is 1. The molecule has 1 rings (SSSR count). The molecule has 0 spiro atoms. The Hall–Kier alpha value is -0.850. The number of carboxylic acid groups (broad SMARTS) is 1. The third-order valence-corrected chi connectivity index (χ3v) is 4.69. The van der Waals surface area contributed by atoms with Crippen LogP contribution in [0.4, 0.5) is 0 Å². The standard InChI is InChI=1S/C10H8BrClO4S/c1-6(11)5-17(15,16)9-4-7(10(13)14)2-3-8(9)12/h2-4H,1,5H2,(H,13,14). The van der Waals surface area contributed by atoms with Crippen molar-refractivity contribution in [2.75, 3.05) is 5.75 Å². The molecule has 7 heteroatoms. The van der Waals surface area contributed by atoms with Crippen LogP contribution < -0.4 is 0 Å². The van der Waals surface area contributed by atoms with Gasteiger partial charge in [-0.1, -0.05) is 34.1 Å². The fraction of sp³-hybridized carbons (Fsp3) is 0.100. The summed E-state index contributed by atoms with van der Waals surface area (Å²) in [6.45, 7) is 3.43. The SMILES string of the molecule is C=C(Br)CS(=O)(=O)c1cc(C(=O)O)ccc1Cl. The highest BCUT2D eigenvalue weighted by Gasteiger charge is 2.20. The van der Waals surface area contributed by atoms with Gasteiger partial charge in [-0.2, -0.15) is 0 Å². The number of carbonyl (C=O) groups is 1. The average Bonchev–Trinajstić information content (AvgIpc) is 2.15. The van der Waals surface area contributed by atoms with Gasteiger partial charge in [-0.3, -0.25) is 0 Å². The fourth-order valence-electron chi connectivity index (χ4n) is 1.16. The van der Waals surface area contributed by atoms with E-state index in [1.54, 1.807) is 0 Å². The summed E-state index contributed by atoms with van der Waals surface area (Å²) < 4.78 is 24.0. The lowest BCUT2D eigenvalue weighted by molar-refractivity contribution is 0.0696. The van der Waals surface area contributed by atoms with E-state index in [0.29, 0.717) is 0 Å². The lowest BCUT2D eigenvalue weighted by atomic mass is 10.2. The largest absolute Gasteiger partial charge is 0.478 e. The van der Waals surface area contributed by atoms with Gasteiger partial charge in [0.25, 0.3) is 0 Å². The quantitative estimate of drug-likeness (QED) is 0.915. The highest BCUT2D eigenvalue weighted by Crippen LogP contribution is 2.25. The summed E-state index contributed by atoms with van der Waals surface area (Å²) in [5.41, 5.74) is -0.131. The molecular weight excluding hydrogens is 332 g/mol. The minimum Gasteiger partial charge on any atom is -0.478 e. The maximum absolute atomic E-state index is 11.9. The van der Waals surface area contributed by atoms with Crippen LogP contribution >= 0.6 is 27.5 Å². The molecule has 0 fully saturated rings. The van der Waals surface area contributed by atoms with E-state index in [0.717, 1.165) is 6.07 Å². The Morgan fingerprint density at radius 1 is 1.47 bits per heavy atom. The second-order valence-electron chi connectivity index (χ2n) is 3.23. The molecular formula is C10H8BrClO4S. The number of carboxylic acids is 1. The number of hydrogen-bond acceptors (Lipinski definition) is 3. The minimum absolute atomic E-state index is 0.0104. The molecule has 0 saturated heterocycles. The van der Waals surface area contributed by atoms with Crippen LogP contribution in [0, 0.1) is 0 Å². The molecule has 17 heavy (non-hydrogen) atoms. The van der Waals surface area contributed by atoms with Gasteiger partial charge >= 0.3 is 5.97 Å². The summed E-state index contributed by atoms with van der Waals surface area (Å²) in [7, 11) is -3.69. The molecule has 0 aliphatic carbocycles. The van der Waals surface area contributed by atoms with E-state index in [9.17, 15) is 13.2 Å². The van der Waals surface area contributed by atoms with Crippen LogP contribution in [-0.4, -0.2) is 25.2 Å². The van der Waals surface area contributed by atoms with Crippen molar-refractivity contribution in [3.8, 4) is 0 Å². The predicted molar refractivity (Wildman–Crippen MR) is 68.5 cm³/mol. The lowest BCUT2D eigenvalue weighted by Gasteiger charge is -2.06. The van der Waals surface area contributed by atoms with Crippen molar-refractivity contribution < 1.29 is 18.3 Å². The fourth-order valence-corrected chi connectivity index (χ4v) is 3.77. The molecule has 1 N–H and O–H groups in total. The number of halogens is 2. The van der Waals surface area contributed by atoms with E-state index in [1.165, 1.54) is 12.1 Å². The van der Waals surface area contributed by atoms with Crippen molar-refractivity contribution in [1.82, 2.24) is 0 Å². The van der Waals surface area contributed by atoms with Crippen LogP contribution in [0.25, 0.3) is 0 Å². The van der Waals surface area contributed by atoms with E-state index < -0.39 is 15.8 Å². The maximum Gasteiger partial charge on any atom is 0.335 e. The number of rotatable bonds is 4. The van der Waals surface area contributed by atoms with E-state index in [-0.39, 0.29) is 25.7 Å². The second-order valence-corrected chi connectivity index (χ2v) is 6.71. The number of aromatic carboxylic acids is 1. The van der Waals surface area contributed by atoms with Gasteiger partial charge in [-0.15, -0.1) is 0 Å². The summed E-state index contributed by atoms with van der Waals surface area (Å²) in [5, 5.41) is 8.77. The Morgan fingerprint density at radius 2 is 2.06 bits per heavy atom. The predicted octanol–water partition coefficient (Wildman–Crippen LogP) is 2.72. The summed E-state index contributed by atoms with van der Waals surface area (Å²) in [5.74, 6) is -1.55. The normalized spacial score (nSPS) is 11.2. The molecule has 1 aromatic carbocycles. The zero-order chi connectivity index (χ0) is 13.2.